The second kappa shape index (κ2) is 6.13. The van der Waals surface area contributed by atoms with Gasteiger partial charge < -0.3 is 4.90 Å². The molecule has 1 saturated heterocycles. The Morgan fingerprint density at radius 2 is 2.17 bits per heavy atom. The smallest absolute Gasteiger partial charge is 0.171 e. The average molecular weight is 393 g/mol. The topological polar surface area (TPSA) is 41.9 Å². The van der Waals surface area contributed by atoms with Crippen LogP contribution >= 0.6 is 27.3 Å². The number of alkyl halides is 1. The number of fused-ring (bicyclic) bond motifs is 1. The largest absolute Gasteiger partial charge is 0.354 e. The first kappa shape index (κ1) is 15.0. The van der Waals surface area contributed by atoms with Crippen molar-refractivity contribution in [3.05, 3.63) is 35.1 Å². The number of nitrogens with zero attached hydrogens (tertiary/aromatic N) is 4. The van der Waals surface area contributed by atoms with Gasteiger partial charge in [-0.25, -0.2) is 19.3 Å². The van der Waals surface area contributed by atoms with Gasteiger partial charge in [-0.2, -0.15) is 0 Å². The molecule has 1 aliphatic rings. The molecule has 0 spiro atoms. The number of pyridine rings is 2. The molecule has 7 heteroatoms. The fourth-order valence-corrected chi connectivity index (χ4v) is 4.19. The Kier molecular flexibility index (Phi) is 3.98. The predicted octanol–water partition coefficient (Wildman–Crippen LogP) is 4.45. The minimum Gasteiger partial charge on any atom is -0.354 e. The molecule has 1 fully saturated rings. The number of aromatic nitrogens is 3. The molecule has 0 aliphatic carbocycles. The molecular formula is C16H14BrFN4S. The molecule has 0 unspecified atom stereocenters. The number of hydrogen-bond donors (Lipinski definition) is 0. The minimum absolute atomic E-state index is 0.436. The third-order valence-electron chi connectivity index (χ3n) is 3.90. The number of anilines is 1. The maximum atomic E-state index is 13.5. The van der Waals surface area contributed by atoms with Crippen molar-refractivity contribution in [2.24, 2.45) is 0 Å². The van der Waals surface area contributed by atoms with E-state index in [1.165, 1.54) is 0 Å². The monoisotopic (exact) mass is 392 g/mol. The Balaban J connectivity index is 1.61. The van der Waals surface area contributed by atoms with Gasteiger partial charge in [0.1, 0.15) is 17.0 Å². The van der Waals surface area contributed by atoms with Crippen molar-refractivity contribution in [2.45, 2.75) is 19.0 Å². The van der Waals surface area contributed by atoms with Crippen molar-refractivity contribution >= 4 is 43.4 Å². The van der Waals surface area contributed by atoms with Crippen LogP contribution in [0, 0.1) is 0 Å². The molecule has 4 rings (SSSR count). The molecule has 3 aromatic heterocycles. The van der Waals surface area contributed by atoms with Crippen molar-refractivity contribution in [2.75, 3.05) is 18.0 Å². The van der Waals surface area contributed by atoms with Crippen LogP contribution < -0.4 is 4.90 Å². The lowest BCUT2D eigenvalue weighted by Gasteiger charge is -2.29. The summed E-state index contributed by atoms with van der Waals surface area (Å²) in [7, 11) is 0. The molecule has 4 heterocycles. The van der Waals surface area contributed by atoms with Gasteiger partial charge in [0.25, 0.3) is 0 Å². The highest BCUT2D eigenvalue weighted by Crippen LogP contribution is 2.31. The van der Waals surface area contributed by atoms with Crippen LogP contribution in [0.1, 0.15) is 12.8 Å². The Labute approximate surface area is 145 Å². The number of halogens is 2. The Morgan fingerprint density at radius 3 is 2.96 bits per heavy atom. The summed E-state index contributed by atoms with van der Waals surface area (Å²) in [6.45, 7) is 1.30. The highest BCUT2D eigenvalue weighted by Gasteiger charge is 2.20. The number of thiazole rings is 1. The molecule has 118 valence electrons. The van der Waals surface area contributed by atoms with Gasteiger partial charge in [-0.3, -0.25) is 0 Å². The summed E-state index contributed by atoms with van der Waals surface area (Å²) in [6.07, 6.45) is 4.34. The maximum Gasteiger partial charge on any atom is 0.171 e. The quantitative estimate of drug-likeness (QED) is 0.645. The predicted molar refractivity (Wildman–Crippen MR) is 94.7 cm³/mol. The van der Waals surface area contributed by atoms with E-state index in [4.69, 9.17) is 0 Å². The van der Waals surface area contributed by atoms with Crippen LogP contribution in [0.4, 0.5) is 10.2 Å². The van der Waals surface area contributed by atoms with E-state index in [0.29, 0.717) is 13.0 Å². The summed E-state index contributed by atoms with van der Waals surface area (Å²) in [5.41, 5.74) is 1.70. The summed E-state index contributed by atoms with van der Waals surface area (Å²) in [5, 5.41) is 0.895. The second-order valence-corrected chi connectivity index (χ2v) is 7.53. The van der Waals surface area contributed by atoms with Crippen molar-refractivity contribution in [3.63, 3.8) is 0 Å². The Bertz CT molecular complexity index is 836. The van der Waals surface area contributed by atoms with E-state index in [0.717, 1.165) is 44.2 Å². The normalized spacial score (nSPS) is 18.5. The van der Waals surface area contributed by atoms with E-state index in [1.807, 2.05) is 29.3 Å². The van der Waals surface area contributed by atoms with Crippen LogP contribution in [0.25, 0.3) is 20.9 Å². The van der Waals surface area contributed by atoms with Crippen LogP contribution in [0.3, 0.4) is 0 Å². The van der Waals surface area contributed by atoms with Gasteiger partial charge >= 0.3 is 0 Å². The highest BCUT2D eigenvalue weighted by molar-refractivity contribution is 9.10. The van der Waals surface area contributed by atoms with E-state index >= 15 is 0 Å². The van der Waals surface area contributed by atoms with Crippen LogP contribution in [0.15, 0.2) is 35.1 Å². The van der Waals surface area contributed by atoms with Crippen LogP contribution in [0.5, 0.6) is 0 Å². The van der Waals surface area contributed by atoms with Crippen molar-refractivity contribution < 1.29 is 4.39 Å². The highest BCUT2D eigenvalue weighted by atomic mass is 79.9. The zero-order chi connectivity index (χ0) is 15.8. The molecule has 0 amide bonds. The van der Waals surface area contributed by atoms with Crippen LogP contribution in [0.2, 0.25) is 0 Å². The average Bonchev–Trinajstić information content (AvgIpc) is 2.98. The molecule has 1 aliphatic heterocycles. The number of piperidine rings is 1. The first-order valence-electron chi connectivity index (χ1n) is 7.46. The van der Waals surface area contributed by atoms with Gasteiger partial charge in [-0.05, 0) is 47.0 Å². The van der Waals surface area contributed by atoms with Gasteiger partial charge in [0.2, 0.25) is 0 Å². The third-order valence-corrected chi connectivity index (χ3v) is 5.37. The van der Waals surface area contributed by atoms with E-state index in [1.54, 1.807) is 17.5 Å². The molecule has 1 atom stereocenters. The molecular weight excluding hydrogens is 379 g/mol. The molecule has 0 radical (unpaired) electrons. The summed E-state index contributed by atoms with van der Waals surface area (Å²) < 4.78 is 15.5. The first-order valence-corrected chi connectivity index (χ1v) is 9.07. The summed E-state index contributed by atoms with van der Waals surface area (Å²) in [4.78, 5) is 15.4. The van der Waals surface area contributed by atoms with Gasteiger partial charge in [0.05, 0.1) is 11.2 Å². The van der Waals surface area contributed by atoms with E-state index in [9.17, 15) is 4.39 Å². The lowest BCUT2D eigenvalue weighted by molar-refractivity contribution is 0.286. The van der Waals surface area contributed by atoms with E-state index in [2.05, 4.69) is 30.9 Å². The van der Waals surface area contributed by atoms with E-state index < -0.39 is 6.17 Å². The molecule has 23 heavy (non-hydrogen) atoms. The van der Waals surface area contributed by atoms with Gasteiger partial charge in [0.15, 0.2) is 5.65 Å². The Hall–Kier alpha value is -1.60. The summed E-state index contributed by atoms with van der Waals surface area (Å²) in [5.74, 6) is 0.832. The number of hydrogen-bond acceptors (Lipinski definition) is 5. The van der Waals surface area contributed by atoms with Gasteiger partial charge in [-0.15, -0.1) is 11.3 Å². The fraction of sp³-hybridized carbons (Fsp3) is 0.312. The summed E-state index contributed by atoms with van der Waals surface area (Å²) in [6, 6.07) is 5.96. The van der Waals surface area contributed by atoms with Crippen LogP contribution in [-0.2, 0) is 0 Å². The minimum atomic E-state index is -0.751. The first-order chi connectivity index (χ1) is 11.2. The van der Waals surface area contributed by atoms with Gasteiger partial charge in [0, 0.05) is 29.0 Å². The summed E-state index contributed by atoms with van der Waals surface area (Å²) >= 11 is 5.01. The molecule has 3 aromatic rings. The Morgan fingerprint density at radius 1 is 1.26 bits per heavy atom. The zero-order valence-corrected chi connectivity index (χ0v) is 14.6. The van der Waals surface area contributed by atoms with Crippen LogP contribution in [-0.4, -0.2) is 34.2 Å². The number of rotatable bonds is 2. The lowest BCUT2D eigenvalue weighted by Crippen LogP contribution is -2.36. The van der Waals surface area contributed by atoms with Crippen molar-refractivity contribution in [1.82, 2.24) is 15.0 Å². The lowest BCUT2D eigenvalue weighted by atomic mass is 10.1. The SMILES string of the molecule is F[C@H]1CCCN(c2ccc(-c3nc4ncc(Br)cc4s3)cn2)C1. The molecule has 0 bridgehead atoms. The van der Waals surface area contributed by atoms with Crippen molar-refractivity contribution in [1.29, 1.82) is 0 Å². The molecule has 4 nitrogen and oxygen atoms in total. The van der Waals surface area contributed by atoms with Gasteiger partial charge in [-0.1, -0.05) is 0 Å². The molecule has 0 N–H and O–H groups in total. The molecule has 0 saturated carbocycles. The third kappa shape index (κ3) is 3.07. The standard InChI is InChI=1S/C16H14BrFN4S/c17-11-6-13-15(20-8-11)21-16(23-13)10-3-4-14(19-7-10)22-5-1-2-12(18)9-22/h3-4,6-8,12H,1-2,5,9H2/t12-/m0/s1. The molecule has 0 aromatic carbocycles. The maximum absolute atomic E-state index is 13.5. The van der Waals surface area contributed by atoms with Crippen molar-refractivity contribution in [3.8, 4) is 10.6 Å². The zero-order valence-electron chi connectivity index (χ0n) is 12.2. The van der Waals surface area contributed by atoms with E-state index in [-0.39, 0.29) is 0 Å². The second-order valence-electron chi connectivity index (χ2n) is 5.58. The fourth-order valence-electron chi connectivity index (χ4n) is 2.75.